The molecule has 0 saturated carbocycles. The van der Waals surface area contributed by atoms with Gasteiger partial charge in [0.1, 0.15) is 11.9 Å². The van der Waals surface area contributed by atoms with Crippen LogP contribution in [0.2, 0.25) is 0 Å². The molecule has 2 aromatic carbocycles. The van der Waals surface area contributed by atoms with E-state index < -0.39 is 0 Å². The Morgan fingerprint density at radius 3 is 2.47 bits per heavy atom. The normalized spacial score (nSPS) is 12.1. The van der Waals surface area contributed by atoms with Crippen molar-refractivity contribution in [3.05, 3.63) is 63.7 Å². The van der Waals surface area contributed by atoms with Gasteiger partial charge < -0.3 is 4.74 Å². The van der Waals surface area contributed by atoms with Gasteiger partial charge in [-0.15, -0.1) is 0 Å². The minimum Gasteiger partial charge on any atom is -0.486 e. The quantitative estimate of drug-likeness (QED) is 0.726. The molecular formula is C15H15IO. The molecule has 0 N–H and O–H groups in total. The third-order valence-electron chi connectivity index (χ3n) is 2.62. The molecule has 0 radical (unpaired) electrons. The van der Waals surface area contributed by atoms with E-state index in [0.29, 0.717) is 0 Å². The predicted octanol–water partition coefficient (Wildman–Crippen LogP) is 4.82. The Balaban J connectivity index is 2.16. The summed E-state index contributed by atoms with van der Waals surface area (Å²) < 4.78 is 7.22. The molecule has 0 spiro atoms. The first-order valence-electron chi connectivity index (χ1n) is 5.76. The Kier molecular flexibility index (Phi) is 4.42. The van der Waals surface area contributed by atoms with Gasteiger partial charge in [-0.2, -0.15) is 0 Å². The molecule has 0 saturated heterocycles. The molecule has 0 aliphatic carbocycles. The van der Waals surface area contributed by atoms with E-state index in [4.69, 9.17) is 4.74 Å². The van der Waals surface area contributed by atoms with Crippen molar-refractivity contribution < 1.29 is 4.74 Å². The van der Waals surface area contributed by atoms with Crippen LogP contribution in [0.15, 0.2) is 54.6 Å². The molecule has 0 aliphatic heterocycles. The van der Waals surface area contributed by atoms with E-state index >= 15 is 0 Å². The standard InChI is InChI=1S/C15H15IO/c1-2-15(12-7-4-3-5-8-12)17-14-10-6-9-13(16)11-14/h3-11,15H,2H2,1H3. The summed E-state index contributed by atoms with van der Waals surface area (Å²) in [6.45, 7) is 2.14. The van der Waals surface area contributed by atoms with Crippen LogP contribution in [0.1, 0.15) is 25.0 Å². The highest BCUT2D eigenvalue weighted by molar-refractivity contribution is 14.1. The van der Waals surface area contributed by atoms with Crippen LogP contribution in [0.4, 0.5) is 0 Å². The van der Waals surface area contributed by atoms with Crippen molar-refractivity contribution in [1.29, 1.82) is 0 Å². The summed E-state index contributed by atoms with van der Waals surface area (Å²) in [5, 5.41) is 0. The zero-order chi connectivity index (χ0) is 12.1. The van der Waals surface area contributed by atoms with Gasteiger partial charge in [-0.1, -0.05) is 43.3 Å². The lowest BCUT2D eigenvalue weighted by Crippen LogP contribution is -2.06. The molecule has 1 unspecified atom stereocenters. The SMILES string of the molecule is CCC(Oc1cccc(I)c1)c1ccccc1. The van der Waals surface area contributed by atoms with Crippen molar-refractivity contribution in [2.45, 2.75) is 19.4 Å². The highest BCUT2D eigenvalue weighted by atomic mass is 127. The fraction of sp³-hybridized carbons (Fsp3) is 0.200. The van der Waals surface area contributed by atoms with Gasteiger partial charge in [0, 0.05) is 3.57 Å². The summed E-state index contributed by atoms with van der Waals surface area (Å²) in [5.74, 6) is 0.938. The van der Waals surface area contributed by atoms with Crippen molar-refractivity contribution in [3.63, 3.8) is 0 Å². The molecule has 88 valence electrons. The van der Waals surface area contributed by atoms with E-state index in [-0.39, 0.29) is 6.10 Å². The van der Waals surface area contributed by atoms with Crippen LogP contribution < -0.4 is 4.74 Å². The first kappa shape index (κ1) is 12.4. The lowest BCUT2D eigenvalue weighted by atomic mass is 10.1. The van der Waals surface area contributed by atoms with Crippen molar-refractivity contribution in [3.8, 4) is 5.75 Å². The second-order valence-electron chi connectivity index (χ2n) is 3.88. The highest BCUT2D eigenvalue weighted by Crippen LogP contribution is 2.25. The largest absolute Gasteiger partial charge is 0.486 e. The van der Waals surface area contributed by atoms with Gasteiger partial charge in [0.05, 0.1) is 0 Å². The fourth-order valence-electron chi connectivity index (χ4n) is 1.76. The van der Waals surface area contributed by atoms with Crippen molar-refractivity contribution >= 4 is 22.6 Å². The molecule has 0 amide bonds. The summed E-state index contributed by atoms with van der Waals surface area (Å²) in [4.78, 5) is 0. The topological polar surface area (TPSA) is 9.23 Å². The van der Waals surface area contributed by atoms with Gasteiger partial charge in [-0.25, -0.2) is 0 Å². The van der Waals surface area contributed by atoms with Gasteiger partial charge in [0.2, 0.25) is 0 Å². The molecule has 2 aromatic rings. The molecule has 2 rings (SSSR count). The maximum Gasteiger partial charge on any atom is 0.123 e. The molecule has 0 aliphatic rings. The van der Waals surface area contributed by atoms with E-state index in [9.17, 15) is 0 Å². The highest BCUT2D eigenvalue weighted by Gasteiger charge is 2.10. The Bertz CT molecular complexity index is 467. The zero-order valence-electron chi connectivity index (χ0n) is 9.77. The molecule has 1 atom stereocenters. The maximum atomic E-state index is 6.03. The average molecular weight is 338 g/mol. The molecular weight excluding hydrogens is 323 g/mol. The Morgan fingerprint density at radius 1 is 1.06 bits per heavy atom. The van der Waals surface area contributed by atoms with Crippen molar-refractivity contribution in [1.82, 2.24) is 0 Å². The van der Waals surface area contributed by atoms with Gasteiger partial charge in [-0.05, 0) is 52.8 Å². The van der Waals surface area contributed by atoms with Crippen LogP contribution in [-0.2, 0) is 0 Å². The maximum absolute atomic E-state index is 6.03. The van der Waals surface area contributed by atoms with Crippen LogP contribution in [-0.4, -0.2) is 0 Å². The number of ether oxygens (including phenoxy) is 1. The summed E-state index contributed by atoms with van der Waals surface area (Å²) in [6.07, 6.45) is 1.10. The van der Waals surface area contributed by atoms with Gasteiger partial charge in [-0.3, -0.25) is 0 Å². The number of benzene rings is 2. The Morgan fingerprint density at radius 2 is 1.82 bits per heavy atom. The fourth-order valence-corrected chi connectivity index (χ4v) is 2.27. The van der Waals surface area contributed by atoms with E-state index in [1.54, 1.807) is 0 Å². The second-order valence-corrected chi connectivity index (χ2v) is 5.13. The van der Waals surface area contributed by atoms with Crippen LogP contribution in [0, 0.1) is 3.57 Å². The van der Waals surface area contributed by atoms with Crippen LogP contribution in [0.3, 0.4) is 0 Å². The first-order valence-corrected chi connectivity index (χ1v) is 6.84. The lowest BCUT2D eigenvalue weighted by molar-refractivity contribution is 0.201. The molecule has 2 heteroatoms. The molecule has 0 heterocycles. The van der Waals surface area contributed by atoms with Gasteiger partial charge in [0.25, 0.3) is 0 Å². The third-order valence-corrected chi connectivity index (χ3v) is 3.29. The Hall–Kier alpha value is -1.03. The number of rotatable bonds is 4. The number of halogens is 1. The van der Waals surface area contributed by atoms with E-state index in [1.807, 2.05) is 18.2 Å². The van der Waals surface area contributed by atoms with Gasteiger partial charge in [0.15, 0.2) is 0 Å². The molecule has 1 nitrogen and oxygen atoms in total. The molecule has 17 heavy (non-hydrogen) atoms. The average Bonchev–Trinajstić information content (AvgIpc) is 2.37. The summed E-state index contributed by atoms with van der Waals surface area (Å²) >= 11 is 2.30. The molecule has 0 aromatic heterocycles. The molecule has 0 fully saturated rings. The predicted molar refractivity (Wildman–Crippen MR) is 79.3 cm³/mol. The monoisotopic (exact) mass is 338 g/mol. The Labute approximate surface area is 116 Å². The van der Waals surface area contributed by atoms with E-state index in [0.717, 1.165) is 12.2 Å². The smallest absolute Gasteiger partial charge is 0.123 e. The summed E-state index contributed by atoms with van der Waals surface area (Å²) in [7, 11) is 0. The summed E-state index contributed by atoms with van der Waals surface area (Å²) in [5.41, 5.74) is 1.23. The van der Waals surface area contributed by atoms with E-state index in [2.05, 4.69) is 65.9 Å². The second kappa shape index (κ2) is 6.05. The van der Waals surface area contributed by atoms with E-state index in [1.165, 1.54) is 9.13 Å². The van der Waals surface area contributed by atoms with Crippen molar-refractivity contribution in [2.24, 2.45) is 0 Å². The lowest BCUT2D eigenvalue weighted by Gasteiger charge is -2.18. The van der Waals surface area contributed by atoms with Gasteiger partial charge >= 0.3 is 0 Å². The minimum atomic E-state index is 0.134. The molecule has 0 bridgehead atoms. The number of hydrogen-bond donors (Lipinski definition) is 0. The minimum absolute atomic E-state index is 0.134. The first-order chi connectivity index (χ1) is 8.29. The zero-order valence-corrected chi connectivity index (χ0v) is 11.9. The number of hydrogen-bond acceptors (Lipinski definition) is 1. The van der Waals surface area contributed by atoms with Crippen molar-refractivity contribution in [2.75, 3.05) is 0 Å². The summed E-state index contributed by atoms with van der Waals surface area (Å²) in [6, 6.07) is 18.5. The van der Waals surface area contributed by atoms with Crippen LogP contribution in [0.5, 0.6) is 5.75 Å². The van der Waals surface area contributed by atoms with Crippen LogP contribution in [0.25, 0.3) is 0 Å². The third kappa shape index (κ3) is 3.46. The van der Waals surface area contributed by atoms with Crippen LogP contribution >= 0.6 is 22.6 Å².